The van der Waals surface area contributed by atoms with Crippen molar-refractivity contribution in [3.8, 4) is 0 Å². The quantitative estimate of drug-likeness (QED) is 0.354. The van der Waals surface area contributed by atoms with Crippen LogP contribution in [0, 0.1) is 0 Å². The first-order valence-corrected chi connectivity index (χ1v) is 12.5. The molecule has 10 heteroatoms. The lowest BCUT2D eigenvalue weighted by molar-refractivity contribution is 0.0736. The van der Waals surface area contributed by atoms with Gasteiger partial charge in [-0.05, 0) is 37.1 Å². The van der Waals surface area contributed by atoms with Crippen LogP contribution in [0.25, 0.3) is 10.9 Å². The Morgan fingerprint density at radius 1 is 1.19 bits per heavy atom. The van der Waals surface area contributed by atoms with Crippen molar-refractivity contribution >= 4 is 28.6 Å². The van der Waals surface area contributed by atoms with Crippen LogP contribution in [0.15, 0.2) is 41.3 Å². The van der Waals surface area contributed by atoms with E-state index in [1.807, 2.05) is 36.1 Å². The van der Waals surface area contributed by atoms with Crippen LogP contribution < -0.4 is 21.9 Å². The molecule has 1 amide bonds. The third-order valence-electron chi connectivity index (χ3n) is 6.65. The number of nitrogens with zero attached hydrogens (tertiary/aromatic N) is 4. The minimum atomic E-state index is -0.649. The number of anilines is 2. The number of benzene rings is 1. The second kappa shape index (κ2) is 11.0. The normalized spacial score (nSPS) is 15.6. The average molecular weight is 494 g/mol. The van der Waals surface area contributed by atoms with Gasteiger partial charge in [0.25, 0.3) is 11.5 Å². The van der Waals surface area contributed by atoms with Crippen molar-refractivity contribution in [1.29, 1.82) is 0 Å². The molecule has 1 aromatic carbocycles. The van der Waals surface area contributed by atoms with E-state index in [1.54, 1.807) is 16.8 Å². The molecule has 3 aromatic rings. The van der Waals surface area contributed by atoms with Gasteiger partial charge in [0.15, 0.2) is 0 Å². The van der Waals surface area contributed by atoms with Crippen LogP contribution in [0.2, 0.25) is 0 Å². The van der Waals surface area contributed by atoms with Gasteiger partial charge in [-0.15, -0.1) is 0 Å². The van der Waals surface area contributed by atoms with Gasteiger partial charge in [-0.2, -0.15) is 4.98 Å². The van der Waals surface area contributed by atoms with Gasteiger partial charge in [-0.3, -0.25) is 9.59 Å². The number of nitrogens with two attached hydrogens (primary N) is 1. The lowest BCUT2D eigenvalue weighted by Gasteiger charge is -2.29. The molecule has 1 unspecified atom stereocenters. The van der Waals surface area contributed by atoms with Gasteiger partial charge in [0.1, 0.15) is 11.2 Å². The van der Waals surface area contributed by atoms with Crippen molar-refractivity contribution in [3.05, 3.63) is 58.0 Å². The van der Waals surface area contributed by atoms with Gasteiger partial charge in [-0.1, -0.05) is 31.9 Å². The van der Waals surface area contributed by atoms with Gasteiger partial charge in [0.2, 0.25) is 5.95 Å². The maximum atomic E-state index is 13.5. The fourth-order valence-electron chi connectivity index (χ4n) is 4.45. The highest BCUT2D eigenvalue weighted by atomic mass is 16.3. The summed E-state index contributed by atoms with van der Waals surface area (Å²) >= 11 is 0. The summed E-state index contributed by atoms with van der Waals surface area (Å²) in [6.07, 6.45) is 4.30. The van der Waals surface area contributed by atoms with Gasteiger partial charge < -0.3 is 30.9 Å². The summed E-state index contributed by atoms with van der Waals surface area (Å²) in [7, 11) is 0. The molecule has 1 fully saturated rings. The summed E-state index contributed by atoms with van der Waals surface area (Å²) in [4.78, 5) is 36.6. The van der Waals surface area contributed by atoms with E-state index in [0.29, 0.717) is 48.3 Å². The van der Waals surface area contributed by atoms with Crippen LogP contribution in [-0.4, -0.2) is 68.8 Å². The summed E-state index contributed by atoms with van der Waals surface area (Å²) in [5.41, 5.74) is 6.99. The third-order valence-corrected chi connectivity index (χ3v) is 6.65. The molecule has 2 aromatic heterocycles. The number of nitrogens with one attached hydrogen (secondary N) is 2. The van der Waals surface area contributed by atoms with Gasteiger partial charge >= 0.3 is 0 Å². The van der Waals surface area contributed by atoms with Crippen molar-refractivity contribution in [2.45, 2.75) is 45.2 Å². The zero-order chi connectivity index (χ0) is 25.7. The van der Waals surface area contributed by atoms with E-state index < -0.39 is 5.54 Å². The molecule has 0 bridgehead atoms. The smallest absolute Gasteiger partial charge is 0.264 e. The Kier molecular flexibility index (Phi) is 7.85. The average Bonchev–Trinajstić information content (AvgIpc) is 2.89. The van der Waals surface area contributed by atoms with Crippen molar-refractivity contribution < 1.29 is 9.90 Å². The number of nitrogen functional groups attached to an aromatic ring is 1. The fourth-order valence-corrected chi connectivity index (χ4v) is 4.45. The predicted molar refractivity (Wildman–Crippen MR) is 141 cm³/mol. The lowest BCUT2D eigenvalue weighted by atomic mass is 9.95. The minimum absolute atomic E-state index is 0.0198. The molecule has 36 heavy (non-hydrogen) atoms. The Morgan fingerprint density at radius 3 is 2.58 bits per heavy atom. The molecule has 0 spiro atoms. The Bertz CT molecular complexity index is 1270. The maximum absolute atomic E-state index is 13.5. The second-order valence-electron chi connectivity index (χ2n) is 9.63. The van der Waals surface area contributed by atoms with Gasteiger partial charge in [-0.25, -0.2) is 4.98 Å². The number of fused-ring (bicyclic) bond motifs is 1. The van der Waals surface area contributed by atoms with Gasteiger partial charge in [0, 0.05) is 37.9 Å². The number of hydrogen-bond acceptors (Lipinski definition) is 8. The predicted octanol–water partition coefficient (Wildman–Crippen LogP) is 1.82. The lowest BCUT2D eigenvalue weighted by Crippen LogP contribution is -2.46. The number of carbonyl (C=O) groups is 1. The third kappa shape index (κ3) is 5.66. The molecule has 192 valence electrons. The summed E-state index contributed by atoms with van der Waals surface area (Å²) in [6.45, 7) is 7.20. The van der Waals surface area contributed by atoms with E-state index in [1.165, 1.54) is 0 Å². The Morgan fingerprint density at radius 2 is 1.92 bits per heavy atom. The molecule has 3 heterocycles. The zero-order valence-electron chi connectivity index (χ0n) is 21.0. The van der Waals surface area contributed by atoms with Crippen LogP contribution in [-0.2, 0) is 6.54 Å². The largest absolute Gasteiger partial charge is 0.394 e. The molecule has 10 nitrogen and oxygen atoms in total. The van der Waals surface area contributed by atoms with Crippen LogP contribution in [0.1, 0.15) is 49.0 Å². The van der Waals surface area contributed by atoms with Crippen molar-refractivity contribution in [2.24, 2.45) is 0 Å². The number of aliphatic hydroxyl groups excluding tert-OH is 1. The standard InChI is InChI=1S/C26H35N7O3/c1-3-4-10-26(2,17-34)31-22-21-20(29-25(27)30-22)9-13-33(24(21)36)16-18-5-7-19(8-6-18)23(35)32-14-11-28-12-15-32/h5-9,13,28,34H,3-4,10-12,14-17H2,1-2H3,(H3,27,29,30,31). The summed E-state index contributed by atoms with van der Waals surface area (Å²) in [5, 5.41) is 16.9. The first kappa shape index (κ1) is 25.6. The van der Waals surface area contributed by atoms with Crippen LogP contribution >= 0.6 is 0 Å². The van der Waals surface area contributed by atoms with E-state index in [9.17, 15) is 14.7 Å². The number of aliphatic hydroxyl groups is 1. The molecular weight excluding hydrogens is 458 g/mol. The first-order valence-electron chi connectivity index (χ1n) is 12.5. The van der Waals surface area contributed by atoms with Crippen molar-refractivity contribution in [3.63, 3.8) is 0 Å². The van der Waals surface area contributed by atoms with Crippen molar-refractivity contribution in [1.82, 2.24) is 24.8 Å². The topological polar surface area (TPSA) is 138 Å². The molecule has 1 saturated heterocycles. The highest BCUT2D eigenvalue weighted by Gasteiger charge is 2.25. The number of rotatable bonds is 9. The molecule has 0 saturated carbocycles. The first-order chi connectivity index (χ1) is 17.3. The second-order valence-corrected chi connectivity index (χ2v) is 9.63. The van der Waals surface area contributed by atoms with E-state index >= 15 is 0 Å². The fraction of sp³-hybridized carbons (Fsp3) is 0.462. The molecule has 5 N–H and O–H groups in total. The van der Waals surface area contributed by atoms with E-state index in [-0.39, 0.29) is 24.0 Å². The number of unbranched alkanes of at least 4 members (excludes halogenated alkanes) is 1. The van der Waals surface area contributed by atoms with Crippen LogP contribution in [0.3, 0.4) is 0 Å². The van der Waals surface area contributed by atoms with Crippen LogP contribution in [0.5, 0.6) is 0 Å². The monoisotopic (exact) mass is 493 g/mol. The molecule has 0 aliphatic carbocycles. The molecule has 1 aliphatic rings. The number of aromatic nitrogens is 3. The molecule has 0 radical (unpaired) electrons. The highest BCUT2D eigenvalue weighted by molar-refractivity contribution is 5.94. The van der Waals surface area contributed by atoms with Crippen LogP contribution in [0.4, 0.5) is 11.8 Å². The molecular formula is C26H35N7O3. The Hall–Kier alpha value is -3.50. The van der Waals surface area contributed by atoms with Crippen molar-refractivity contribution in [2.75, 3.05) is 43.8 Å². The highest BCUT2D eigenvalue weighted by Crippen LogP contribution is 2.24. The summed E-state index contributed by atoms with van der Waals surface area (Å²) in [5.74, 6) is 0.399. The minimum Gasteiger partial charge on any atom is -0.394 e. The Balaban J connectivity index is 1.60. The number of amides is 1. The number of pyridine rings is 1. The van der Waals surface area contributed by atoms with E-state index in [2.05, 4.69) is 27.5 Å². The molecule has 4 rings (SSSR count). The van der Waals surface area contributed by atoms with E-state index in [0.717, 1.165) is 31.5 Å². The summed E-state index contributed by atoms with van der Waals surface area (Å²) in [6, 6.07) is 9.10. The number of carbonyl (C=O) groups excluding carboxylic acids is 1. The zero-order valence-corrected chi connectivity index (χ0v) is 21.0. The molecule has 1 aliphatic heterocycles. The SMILES string of the molecule is CCCCC(C)(CO)Nc1nc(N)nc2ccn(Cc3ccc(C(=O)N4CCNCC4)cc3)c(=O)c12. The Labute approximate surface area is 210 Å². The number of piperazine rings is 1. The number of hydrogen-bond donors (Lipinski definition) is 4. The molecule has 1 atom stereocenters. The summed E-state index contributed by atoms with van der Waals surface area (Å²) < 4.78 is 1.59. The van der Waals surface area contributed by atoms with Gasteiger partial charge in [0.05, 0.1) is 24.2 Å². The maximum Gasteiger partial charge on any atom is 0.264 e. The van der Waals surface area contributed by atoms with E-state index in [4.69, 9.17) is 5.73 Å².